The average Bonchev–Trinajstić information content (AvgIpc) is 2.54. The van der Waals surface area contributed by atoms with Crippen LogP contribution in [0.1, 0.15) is 5.56 Å². The van der Waals surface area contributed by atoms with Crippen molar-refractivity contribution in [3.05, 3.63) is 66.2 Å². The molecule has 0 saturated carbocycles. The number of phosphoric ester groups is 1. The monoisotopic (exact) mass is 348 g/mol. The van der Waals surface area contributed by atoms with Crippen molar-refractivity contribution in [2.75, 3.05) is 6.54 Å². The molecule has 7 nitrogen and oxygen atoms in total. The summed E-state index contributed by atoms with van der Waals surface area (Å²) in [6.45, 7) is -0.573. The molecule has 0 aliphatic heterocycles. The highest BCUT2D eigenvalue weighted by Crippen LogP contribution is 2.39. The molecule has 1 unspecified atom stereocenters. The molecule has 0 bridgehead atoms. The van der Waals surface area contributed by atoms with Crippen LogP contribution in [0.2, 0.25) is 0 Å². The molecule has 0 saturated heterocycles. The summed E-state index contributed by atoms with van der Waals surface area (Å²) in [7, 11) is -4.85. The third-order valence-electron chi connectivity index (χ3n) is 2.81. The van der Waals surface area contributed by atoms with Crippen LogP contribution >= 0.6 is 7.82 Å². The highest BCUT2D eigenvalue weighted by atomic mass is 31.2. The van der Waals surface area contributed by atoms with E-state index in [9.17, 15) is 19.0 Å². The summed E-state index contributed by atoms with van der Waals surface area (Å²) >= 11 is 0. The molecule has 0 aromatic heterocycles. The van der Waals surface area contributed by atoms with E-state index < -0.39 is 26.2 Å². The SMILES string of the molecule is O=C(Cc1ccccc1)NCC(=O)OP(=O)([O-])Oc1ccccc1. The van der Waals surface area contributed by atoms with Gasteiger partial charge >= 0.3 is 13.8 Å². The maximum absolute atomic E-state index is 11.7. The lowest BCUT2D eigenvalue weighted by Crippen LogP contribution is -2.32. The lowest BCUT2D eigenvalue weighted by Gasteiger charge is -2.22. The van der Waals surface area contributed by atoms with Gasteiger partial charge in [0.05, 0.1) is 6.42 Å². The second-order valence-electron chi connectivity index (χ2n) is 4.75. The Balaban J connectivity index is 1.78. The number of benzene rings is 2. The van der Waals surface area contributed by atoms with E-state index in [1.54, 1.807) is 42.5 Å². The number of nitrogens with one attached hydrogen (secondary N) is 1. The lowest BCUT2D eigenvalue weighted by molar-refractivity contribution is -0.216. The second-order valence-corrected chi connectivity index (χ2v) is 6.01. The number of rotatable bonds is 7. The Morgan fingerprint density at radius 1 is 1.00 bits per heavy atom. The van der Waals surface area contributed by atoms with Crippen LogP contribution in [0.3, 0.4) is 0 Å². The average molecular weight is 348 g/mol. The molecule has 2 aromatic carbocycles. The largest absolute Gasteiger partial charge is 0.736 e. The van der Waals surface area contributed by atoms with Crippen molar-refractivity contribution in [3.63, 3.8) is 0 Å². The van der Waals surface area contributed by atoms with Gasteiger partial charge in [0.25, 0.3) is 0 Å². The third-order valence-corrected chi connectivity index (χ3v) is 3.67. The molecule has 0 radical (unpaired) electrons. The predicted octanol–water partition coefficient (Wildman–Crippen LogP) is 1.44. The maximum atomic E-state index is 11.7. The summed E-state index contributed by atoms with van der Waals surface area (Å²) in [4.78, 5) is 34.8. The Morgan fingerprint density at radius 3 is 2.21 bits per heavy atom. The van der Waals surface area contributed by atoms with E-state index in [2.05, 4.69) is 14.4 Å². The first-order valence-electron chi connectivity index (χ1n) is 7.03. The summed E-state index contributed by atoms with van der Waals surface area (Å²) in [5.41, 5.74) is 0.769. The Labute approximate surface area is 138 Å². The van der Waals surface area contributed by atoms with Crippen LogP contribution in [0.25, 0.3) is 0 Å². The van der Waals surface area contributed by atoms with Crippen LogP contribution in [-0.2, 0) is 25.1 Å². The number of carbonyl (C=O) groups is 2. The summed E-state index contributed by atoms with van der Waals surface area (Å²) < 4.78 is 20.5. The van der Waals surface area contributed by atoms with Crippen LogP contribution < -0.4 is 14.7 Å². The highest BCUT2D eigenvalue weighted by molar-refractivity contribution is 7.46. The number of para-hydroxylation sites is 1. The summed E-state index contributed by atoms with van der Waals surface area (Å²) in [5.74, 6) is -1.54. The van der Waals surface area contributed by atoms with Crippen LogP contribution in [0.4, 0.5) is 0 Å². The molecule has 0 fully saturated rings. The highest BCUT2D eigenvalue weighted by Gasteiger charge is 2.18. The first kappa shape index (κ1) is 17.7. The quantitative estimate of drug-likeness (QED) is 0.759. The van der Waals surface area contributed by atoms with Gasteiger partial charge in [-0.3, -0.25) is 4.79 Å². The Morgan fingerprint density at radius 2 is 1.58 bits per heavy atom. The normalized spacial score (nSPS) is 12.7. The van der Waals surface area contributed by atoms with Crippen molar-refractivity contribution >= 4 is 19.7 Å². The fraction of sp³-hybridized carbons (Fsp3) is 0.125. The van der Waals surface area contributed by atoms with Crippen molar-refractivity contribution in [2.45, 2.75) is 6.42 Å². The summed E-state index contributed by atoms with van der Waals surface area (Å²) in [6.07, 6.45) is 0.0731. The fourth-order valence-electron chi connectivity index (χ4n) is 1.80. The Kier molecular flexibility index (Phi) is 6.12. The maximum Gasteiger partial charge on any atom is 0.374 e. The fourth-order valence-corrected chi connectivity index (χ4v) is 2.53. The van der Waals surface area contributed by atoms with Gasteiger partial charge in [-0.2, -0.15) is 0 Å². The van der Waals surface area contributed by atoms with Gasteiger partial charge < -0.3 is 19.3 Å². The van der Waals surface area contributed by atoms with Crippen molar-refractivity contribution in [3.8, 4) is 5.75 Å². The Bertz CT molecular complexity index is 735. The van der Waals surface area contributed by atoms with Crippen molar-refractivity contribution in [2.24, 2.45) is 0 Å². The summed E-state index contributed by atoms with van der Waals surface area (Å²) in [6, 6.07) is 16.5. The summed E-state index contributed by atoms with van der Waals surface area (Å²) in [5, 5.41) is 2.29. The van der Waals surface area contributed by atoms with E-state index in [0.29, 0.717) is 0 Å². The number of hydrogen-bond donors (Lipinski definition) is 1. The van der Waals surface area contributed by atoms with E-state index in [1.165, 1.54) is 12.1 Å². The molecule has 24 heavy (non-hydrogen) atoms. The molecule has 0 spiro atoms. The van der Waals surface area contributed by atoms with Gasteiger partial charge in [0.1, 0.15) is 12.3 Å². The number of phosphoric acid groups is 1. The lowest BCUT2D eigenvalue weighted by atomic mass is 10.1. The molecular formula is C16H15NO6P-. The molecule has 0 heterocycles. The minimum atomic E-state index is -4.85. The zero-order valence-corrected chi connectivity index (χ0v) is 13.5. The molecule has 8 heteroatoms. The standard InChI is InChI=1S/C16H16NO6P/c18-15(11-13-7-3-1-4-8-13)17-12-16(19)23-24(20,21)22-14-9-5-2-6-10-14/h1-10H,11-12H2,(H,17,18)(H,20,21)/p-1. The topological polar surface area (TPSA) is 105 Å². The van der Waals surface area contributed by atoms with Gasteiger partial charge in [-0.15, -0.1) is 0 Å². The van der Waals surface area contributed by atoms with Gasteiger partial charge in [0.15, 0.2) is 0 Å². The molecule has 0 aliphatic carbocycles. The first-order valence-corrected chi connectivity index (χ1v) is 8.49. The van der Waals surface area contributed by atoms with Crippen LogP contribution in [-0.4, -0.2) is 18.4 Å². The zero-order valence-electron chi connectivity index (χ0n) is 12.6. The Hall–Kier alpha value is -2.63. The van der Waals surface area contributed by atoms with E-state index in [4.69, 9.17) is 0 Å². The third kappa shape index (κ3) is 6.24. The van der Waals surface area contributed by atoms with Crippen molar-refractivity contribution in [1.82, 2.24) is 5.32 Å². The van der Waals surface area contributed by atoms with Crippen molar-refractivity contribution < 1.29 is 28.1 Å². The van der Waals surface area contributed by atoms with Crippen molar-refractivity contribution in [1.29, 1.82) is 0 Å². The zero-order chi connectivity index (χ0) is 17.4. The van der Waals surface area contributed by atoms with E-state index >= 15 is 0 Å². The number of carbonyl (C=O) groups excluding carboxylic acids is 2. The molecule has 1 amide bonds. The van der Waals surface area contributed by atoms with Gasteiger partial charge in [-0.1, -0.05) is 48.5 Å². The van der Waals surface area contributed by atoms with E-state index in [-0.39, 0.29) is 12.2 Å². The van der Waals surface area contributed by atoms with E-state index in [1.807, 2.05) is 6.07 Å². The van der Waals surface area contributed by atoms with Crippen LogP contribution in [0.5, 0.6) is 5.75 Å². The van der Waals surface area contributed by atoms with Gasteiger partial charge in [-0.05, 0) is 17.7 Å². The molecule has 126 valence electrons. The van der Waals surface area contributed by atoms with Gasteiger partial charge in [0, 0.05) is 0 Å². The second kappa shape index (κ2) is 8.29. The molecule has 1 atom stereocenters. The molecule has 1 N–H and O–H groups in total. The molecule has 0 aliphatic rings. The molecule has 2 rings (SSSR count). The number of amides is 1. The predicted molar refractivity (Wildman–Crippen MR) is 83.9 cm³/mol. The number of hydrogen-bond acceptors (Lipinski definition) is 6. The smallest absolute Gasteiger partial charge is 0.374 e. The minimum Gasteiger partial charge on any atom is -0.736 e. The molecule has 2 aromatic rings. The molecular weight excluding hydrogens is 333 g/mol. The minimum absolute atomic E-state index is 0.0248. The first-order chi connectivity index (χ1) is 11.4. The van der Waals surface area contributed by atoms with Gasteiger partial charge in [0.2, 0.25) is 5.91 Å². The van der Waals surface area contributed by atoms with Crippen LogP contribution in [0, 0.1) is 0 Å². The van der Waals surface area contributed by atoms with Gasteiger partial charge in [-0.25, -0.2) is 9.36 Å². The van der Waals surface area contributed by atoms with Crippen LogP contribution in [0.15, 0.2) is 60.7 Å². The van der Waals surface area contributed by atoms with E-state index in [0.717, 1.165) is 5.56 Å².